The van der Waals surface area contributed by atoms with Crippen LogP contribution in [0, 0.1) is 18.3 Å². The Hall–Kier alpha value is -3.89. The summed E-state index contributed by atoms with van der Waals surface area (Å²) in [5, 5.41) is 18.1. The number of halogens is 1. The van der Waals surface area contributed by atoms with E-state index in [2.05, 4.69) is 20.4 Å². The first-order chi connectivity index (χ1) is 15.0. The van der Waals surface area contributed by atoms with E-state index in [1.54, 1.807) is 41.5 Å². The molecule has 8 heteroatoms. The van der Waals surface area contributed by atoms with Crippen LogP contribution in [0.15, 0.2) is 54.6 Å². The normalized spacial score (nSPS) is 11.5. The second-order valence-electron chi connectivity index (χ2n) is 7.15. The van der Waals surface area contributed by atoms with Gasteiger partial charge in [-0.25, -0.2) is 4.98 Å². The van der Waals surface area contributed by atoms with E-state index in [1.165, 1.54) is 0 Å². The largest absolute Gasteiger partial charge is 0.347 e. The number of carbonyl (C=O) groups is 1. The first kappa shape index (κ1) is 20.4. The van der Waals surface area contributed by atoms with Crippen molar-refractivity contribution >= 4 is 34.6 Å². The molecule has 7 nitrogen and oxygen atoms in total. The van der Waals surface area contributed by atoms with Gasteiger partial charge < -0.3 is 10.3 Å². The predicted octanol–water partition coefficient (Wildman–Crippen LogP) is 4.15. The maximum absolute atomic E-state index is 12.6. The molecule has 31 heavy (non-hydrogen) atoms. The molecule has 0 unspecified atom stereocenters. The summed E-state index contributed by atoms with van der Waals surface area (Å²) in [6, 6.07) is 9.16. The highest BCUT2D eigenvalue weighted by molar-refractivity contribution is 6.30. The predicted molar refractivity (Wildman–Crippen MR) is 120 cm³/mol. The Morgan fingerprint density at radius 3 is 2.77 bits per heavy atom. The maximum atomic E-state index is 12.6. The monoisotopic (exact) mass is 430 g/mol. The molecule has 154 valence electrons. The lowest BCUT2D eigenvalue weighted by atomic mass is 10.0. The van der Waals surface area contributed by atoms with Crippen molar-refractivity contribution in [3.8, 4) is 17.2 Å². The van der Waals surface area contributed by atoms with E-state index in [1.807, 2.05) is 38.4 Å². The molecule has 4 aromatic rings. The molecule has 0 radical (unpaired) electrons. The molecule has 4 rings (SSSR count). The Kier molecular flexibility index (Phi) is 5.56. The first-order valence-corrected chi connectivity index (χ1v) is 9.94. The molecule has 0 bridgehead atoms. The average Bonchev–Trinajstić information content (AvgIpc) is 3.38. The Labute approximate surface area is 184 Å². The number of fused-ring (bicyclic) bond motifs is 1. The summed E-state index contributed by atoms with van der Waals surface area (Å²) in [5.74, 6) is -0.444. The Morgan fingerprint density at radius 2 is 2.10 bits per heavy atom. The van der Waals surface area contributed by atoms with E-state index in [4.69, 9.17) is 11.6 Å². The van der Waals surface area contributed by atoms with Crippen molar-refractivity contribution in [2.75, 3.05) is 0 Å². The number of amides is 1. The van der Waals surface area contributed by atoms with Gasteiger partial charge in [-0.05, 0) is 36.3 Å². The number of hydrogen-bond acceptors (Lipinski definition) is 4. The Bertz CT molecular complexity index is 1340. The zero-order valence-corrected chi connectivity index (χ0v) is 17.7. The van der Waals surface area contributed by atoms with Gasteiger partial charge in [-0.2, -0.15) is 10.4 Å². The molecule has 2 N–H and O–H groups in total. The molecule has 1 amide bonds. The number of nitrogens with zero attached hydrogens (tertiary/aromatic N) is 4. The van der Waals surface area contributed by atoms with Crippen LogP contribution in [0.4, 0.5) is 0 Å². The van der Waals surface area contributed by atoms with Crippen molar-refractivity contribution in [3.05, 3.63) is 76.3 Å². The number of aromatic nitrogens is 4. The fourth-order valence-electron chi connectivity index (χ4n) is 3.43. The van der Waals surface area contributed by atoms with Crippen molar-refractivity contribution in [1.29, 1.82) is 5.26 Å². The summed E-state index contributed by atoms with van der Waals surface area (Å²) in [4.78, 5) is 20.2. The fraction of sp³-hybridized carbons (Fsp3) is 0.130. The molecule has 0 aliphatic carbocycles. The third-order valence-corrected chi connectivity index (χ3v) is 5.29. The highest BCUT2D eigenvalue weighted by atomic mass is 35.5. The van der Waals surface area contributed by atoms with Crippen LogP contribution in [0.1, 0.15) is 16.7 Å². The van der Waals surface area contributed by atoms with Crippen molar-refractivity contribution < 1.29 is 4.79 Å². The van der Waals surface area contributed by atoms with Crippen molar-refractivity contribution in [1.82, 2.24) is 25.1 Å². The quantitative estimate of drug-likeness (QED) is 0.367. The number of H-pyrrole nitrogens is 1. The number of nitrogens with one attached hydrogen (secondary N) is 2. The zero-order valence-electron chi connectivity index (χ0n) is 17.0. The van der Waals surface area contributed by atoms with Crippen LogP contribution in [0.2, 0.25) is 5.02 Å². The second-order valence-corrected chi connectivity index (χ2v) is 7.58. The molecule has 0 saturated carbocycles. The molecule has 0 saturated heterocycles. The van der Waals surface area contributed by atoms with Gasteiger partial charge in [-0.3, -0.25) is 9.48 Å². The van der Waals surface area contributed by atoms with Gasteiger partial charge in [0, 0.05) is 59.3 Å². The minimum Gasteiger partial charge on any atom is -0.347 e. The van der Waals surface area contributed by atoms with Crippen LogP contribution < -0.4 is 5.32 Å². The molecule has 0 spiro atoms. The van der Waals surface area contributed by atoms with Crippen LogP contribution in [-0.4, -0.2) is 25.7 Å². The lowest BCUT2D eigenvalue weighted by molar-refractivity contribution is -0.117. The van der Waals surface area contributed by atoms with Crippen molar-refractivity contribution in [3.63, 3.8) is 0 Å². The molecule has 0 fully saturated rings. The first-order valence-electron chi connectivity index (χ1n) is 9.56. The van der Waals surface area contributed by atoms with E-state index in [0.717, 1.165) is 33.2 Å². The summed E-state index contributed by atoms with van der Waals surface area (Å²) < 4.78 is 1.73. The van der Waals surface area contributed by atoms with Gasteiger partial charge in [0.15, 0.2) is 0 Å². The molecular formula is C23H19ClN6O. The van der Waals surface area contributed by atoms with Crippen LogP contribution >= 0.6 is 11.6 Å². The van der Waals surface area contributed by atoms with Crippen molar-refractivity contribution in [2.45, 2.75) is 13.5 Å². The molecule has 1 aromatic carbocycles. The second kappa shape index (κ2) is 8.46. The minimum atomic E-state index is -0.444. The third-order valence-electron chi connectivity index (χ3n) is 5.04. The van der Waals surface area contributed by atoms with Crippen LogP contribution in [0.3, 0.4) is 0 Å². The fourth-order valence-corrected chi connectivity index (χ4v) is 3.56. The van der Waals surface area contributed by atoms with Gasteiger partial charge in [-0.15, -0.1) is 0 Å². The number of pyridine rings is 1. The highest BCUT2D eigenvalue weighted by Gasteiger charge is 2.15. The smallest absolute Gasteiger partial charge is 0.262 e. The lowest BCUT2D eigenvalue weighted by Crippen LogP contribution is -2.23. The molecular weight excluding hydrogens is 412 g/mol. The number of carbonyl (C=O) groups excluding carboxylic acids is 1. The number of nitriles is 1. The van der Waals surface area contributed by atoms with Gasteiger partial charge in [0.05, 0.1) is 6.20 Å². The molecule has 0 aliphatic rings. The zero-order chi connectivity index (χ0) is 22.0. The summed E-state index contributed by atoms with van der Waals surface area (Å²) >= 11 is 5.89. The summed E-state index contributed by atoms with van der Waals surface area (Å²) in [7, 11) is 1.86. The number of benzene rings is 1. The van der Waals surface area contributed by atoms with Gasteiger partial charge in [0.2, 0.25) is 0 Å². The number of aryl methyl sites for hydroxylation is 2. The SMILES string of the molecule is Cc1c(-c2cnn(C)c2)cnc2[nH]cc(/C=C(\C#N)C(=O)NCc3ccc(Cl)cc3)c12. The minimum absolute atomic E-state index is 0.0149. The standard InChI is InChI=1S/C23H19ClN6O/c1-14-20(18-11-29-30(2)13-18)12-27-22-21(14)17(10-26-22)7-16(8-25)23(31)28-9-15-3-5-19(24)6-4-15/h3-7,10-13H,9H2,1-2H3,(H,26,27)(H,28,31)/b16-7+. The van der Waals surface area contributed by atoms with Gasteiger partial charge >= 0.3 is 0 Å². The van der Waals surface area contributed by atoms with Crippen LogP contribution in [0.25, 0.3) is 28.2 Å². The van der Waals surface area contributed by atoms with E-state index in [0.29, 0.717) is 17.2 Å². The molecule has 0 aliphatic heterocycles. The van der Waals surface area contributed by atoms with Gasteiger partial charge in [-0.1, -0.05) is 23.7 Å². The van der Waals surface area contributed by atoms with Crippen LogP contribution in [-0.2, 0) is 18.4 Å². The highest BCUT2D eigenvalue weighted by Crippen LogP contribution is 2.30. The average molecular weight is 431 g/mol. The van der Waals surface area contributed by atoms with E-state index in [-0.39, 0.29) is 5.57 Å². The van der Waals surface area contributed by atoms with E-state index in [9.17, 15) is 10.1 Å². The van der Waals surface area contributed by atoms with Gasteiger partial charge in [0.25, 0.3) is 5.91 Å². The number of rotatable bonds is 5. The summed E-state index contributed by atoms with van der Waals surface area (Å²) in [6.45, 7) is 2.29. The summed E-state index contributed by atoms with van der Waals surface area (Å²) in [6.07, 6.45) is 8.83. The van der Waals surface area contributed by atoms with Crippen molar-refractivity contribution in [2.24, 2.45) is 7.05 Å². The van der Waals surface area contributed by atoms with E-state index >= 15 is 0 Å². The van der Waals surface area contributed by atoms with Crippen LogP contribution in [0.5, 0.6) is 0 Å². The molecule has 3 aromatic heterocycles. The number of aromatic amines is 1. The summed E-state index contributed by atoms with van der Waals surface area (Å²) in [5.41, 5.74) is 5.21. The Balaban J connectivity index is 1.64. The topological polar surface area (TPSA) is 99.4 Å². The number of hydrogen-bond donors (Lipinski definition) is 2. The van der Waals surface area contributed by atoms with Gasteiger partial charge in [0.1, 0.15) is 17.3 Å². The van der Waals surface area contributed by atoms with E-state index < -0.39 is 5.91 Å². The lowest BCUT2D eigenvalue weighted by Gasteiger charge is -2.06. The Morgan fingerprint density at radius 1 is 1.32 bits per heavy atom. The molecule has 0 atom stereocenters. The maximum Gasteiger partial charge on any atom is 0.262 e. The third kappa shape index (κ3) is 4.20. The molecule has 3 heterocycles.